The highest BCUT2D eigenvalue weighted by atomic mass is 32.2. The molecule has 2 N–H and O–H groups in total. The maximum absolute atomic E-state index is 12.9. The van der Waals surface area contributed by atoms with Crippen molar-refractivity contribution in [3.8, 4) is 0 Å². The van der Waals surface area contributed by atoms with Gasteiger partial charge in [-0.25, -0.2) is 17.5 Å². The van der Waals surface area contributed by atoms with E-state index in [1.807, 2.05) is 0 Å². The molecule has 2 aromatic carbocycles. The van der Waals surface area contributed by atoms with Gasteiger partial charge in [-0.1, -0.05) is 6.07 Å². The highest BCUT2D eigenvalue weighted by molar-refractivity contribution is 7.99. The fraction of sp³-hybridized carbons (Fsp3) is 0.316. The summed E-state index contributed by atoms with van der Waals surface area (Å²) < 4.78 is 40.2. The zero-order valence-corrected chi connectivity index (χ0v) is 17.1. The van der Waals surface area contributed by atoms with Crippen LogP contribution in [0.4, 0.5) is 10.1 Å². The topological polar surface area (TPSA) is 75.3 Å². The maximum Gasteiger partial charge on any atom is 0.241 e. The standard InChI is InChI=1S/C19H23FN2O3S2/c1-19(2,3)22-27(24,25)17-6-4-5-15(13-17)21-18(23)11-12-26-16-9-7-14(20)8-10-16/h4-10,13,22H,11-12H2,1-3H3,(H,21,23). The van der Waals surface area contributed by atoms with Crippen molar-refractivity contribution in [3.05, 3.63) is 54.3 Å². The summed E-state index contributed by atoms with van der Waals surface area (Å²) in [5.41, 5.74) is -0.182. The molecule has 0 atom stereocenters. The van der Waals surface area contributed by atoms with E-state index in [0.29, 0.717) is 11.4 Å². The van der Waals surface area contributed by atoms with Gasteiger partial charge >= 0.3 is 0 Å². The molecule has 0 unspecified atom stereocenters. The van der Waals surface area contributed by atoms with Gasteiger partial charge in [0.1, 0.15) is 5.82 Å². The van der Waals surface area contributed by atoms with Gasteiger partial charge in [-0.15, -0.1) is 11.8 Å². The number of nitrogens with one attached hydrogen (secondary N) is 2. The molecule has 1 amide bonds. The summed E-state index contributed by atoms with van der Waals surface area (Å²) in [6.45, 7) is 5.28. The Balaban J connectivity index is 1.93. The number of carbonyl (C=O) groups excluding carboxylic acids is 1. The van der Waals surface area contributed by atoms with E-state index in [0.717, 1.165) is 4.90 Å². The summed E-state index contributed by atoms with van der Waals surface area (Å²) in [5, 5.41) is 2.71. The first-order valence-electron chi connectivity index (χ1n) is 8.37. The lowest BCUT2D eigenvalue weighted by Gasteiger charge is -2.20. The number of benzene rings is 2. The molecule has 0 saturated carbocycles. The van der Waals surface area contributed by atoms with Gasteiger partial charge in [0.2, 0.25) is 15.9 Å². The molecule has 0 aliphatic rings. The molecule has 0 spiro atoms. The summed E-state index contributed by atoms with van der Waals surface area (Å²) in [5.74, 6) is 0.0110. The average Bonchev–Trinajstić information content (AvgIpc) is 2.55. The molecule has 8 heteroatoms. The lowest BCUT2D eigenvalue weighted by atomic mass is 10.1. The van der Waals surface area contributed by atoms with Crippen molar-refractivity contribution in [2.75, 3.05) is 11.1 Å². The molecule has 0 aliphatic carbocycles. The van der Waals surface area contributed by atoms with Crippen molar-refractivity contribution in [1.82, 2.24) is 4.72 Å². The van der Waals surface area contributed by atoms with Crippen molar-refractivity contribution >= 4 is 33.4 Å². The molecule has 5 nitrogen and oxygen atoms in total. The van der Waals surface area contributed by atoms with Crippen LogP contribution in [-0.2, 0) is 14.8 Å². The van der Waals surface area contributed by atoms with Gasteiger partial charge < -0.3 is 5.32 Å². The molecule has 146 valence electrons. The summed E-state index contributed by atoms with van der Waals surface area (Å²) in [6.07, 6.45) is 0.249. The van der Waals surface area contributed by atoms with E-state index in [4.69, 9.17) is 0 Å². The van der Waals surface area contributed by atoms with Gasteiger partial charge in [-0.05, 0) is 63.2 Å². The van der Waals surface area contributed by atoms with Crippen LogP contribution < -0.4 is 10.0 Å². The van der Waals surface area contributed by atoms with Crippen LogP contribution in [0.3, 0.4) is 0 Å². The van der Waals surface area contributed by atoms with E-state index in [2.05, 4.69) is 10.0 Å². The predicted molar refractivity (Wildman–Crippen MR) is 107 cm³/mol. The van der Waals surface area contributed by atoms with Gasteiger partial charge in [-0.3, -0.25) is 4.79 Å². The SMILES string of the molecule is CC(C)(C)NS(=O)(=O)c1cccc(NC(=O)CCSc2ccc(F)cc2)c1. The Morgan fingerprint density at radius 3 is 2.41 bits per heavy atom. The molecule has 0 saturated heterocycles. The summed E-state index contributed by atoms with van der Waals surface area (Å²) >= 11 is 1.45. The number of sulfonamides is 1. The van der Waals surface area contributed by atoms with E-state index >= 15 is 0 Å². The molecular formula is C19H23FN2O3S2. The number of halogens is 1. The molecule has 0 aliphatic heterocycles. The normalized spacial score (nSPS) is 12.0. The number of hydrogen-bond donors (Lipinski definition) is 2. The minimum atomic E-state index is -3.67. The van der Waals surface area contributed by atoms with Gasteiger partial charge in [-0.2, -0.15) is 0 Å². The van der Waals surface area contributed by atoms with Gasteiger partial charge in [0.15, 0.2) is 0 Å². The van der Waals surface area contributed by atoms with Crippen molar-refractivity contribution in [3.63, 3.8) is 0 Å². The number of anilines is 1. The Labute approximate surface area is 163 Å². The van der Waals surface area contributed by atoms with E-state index in [1.54, 1.807) is 45.0 Å². The lowest BCUT2D eigenvalue weighted by molar-refractivity contribution is -0.115. The first-order valence-corrected chi connectivity index (χ1v) is 10.8. The third kappa shape index (κ3) is 7.32. The molecule has 0 aromatic heterocycles. The molecule has 2 rings (SSSR count). The first-order chi connectivity index (χ1) is 12.5. The summed E-state index contributed by atoms with van der Waals surface area (Å²) in [7, 11) is -3.67. The van der Waals surface area contributed by atoms with Crippen LogP contribution in [-0.4, -0.2) is 25.6 Å². The molecule has 0 heterocycles. The predicted octanol–water partition coefficient (Wildman–Crippen LogP) is 4.02. The Morgan fingerprint density at radius 2 is 1.78 bits per heavy atom. The van der Waals surface area contributed by atoms with E-state index < -0.39 is 15.6 Å². The minimum Gasteiger partial charge on any atom is -0.326 e. The number of amides is 1. The van der Waals surface area contributed by atoms with E-state index in [9.17, 15) is 17.6 Å². The van der Waals surface area contributed by atoms with Gasteiger partial charge in [0, 0.05) is 28.3 Å². The first kappa shape index (κ1) is 21.4. The van der Waals surface area contributed by atoms with E-state index in [-0.39, 0.29) is 23.0 Å². The Hall–Kier alpha value is -1.90. The van der Waals surface area contributed by atoms with Crippen molar-refractivity contribution in [2.24, 2.45) is 0 Å². The lowest BCUT2D eigenvalue weighted by Crippen LogP contribution is -2.40. The number of rotatable bonds is 7. The van der Waals surface area contributed by atoms with Crippen molar-refractivity contribution < 1.29 is 17.6 Å². The van der Waals surface area contributed by atoms with Crippen LogP contribution >= 0.6 is 11.8 Å². The maximum atomic E-state index is 12.9. The Kier molecular flexibility index (Phi) is 7.02. The zero-order valence-electron chi connectivity index (χ0n) is 15.5. The smallest absolute Gasteiger partial charge is 0.241 e. The minimum absolute atomic E-state index is 0.0934. The Bertz CT molecular complexity index is 892. The van der Waals surface area contributed by atoms with Crippen LogP contribution in [0, 0.1) is 5.82 Å². The molecule has 2 aromatic rings. The van der Waals surface area contributed by atoms with Crippen LogP contribution in [0.2, 0.25) is 0 Å². The Morgan fingerprint density at radius 1 is 1.11 bits per heavy atom. The molecule has 0 radical (unpaired) electrons. The van der Waals surface area contributed by atoms with Gasteiger partial charge in [0.05, 0.1) is 4.90 Å². The molecule has 0 fully saturated rings. The van der Waals surface area contributed by atoms with E-state index in [1.165, 1.54) is 36.0 Å². The fourth-order valence-electron chi connectivity index (χ4n) is 2.22. The zero-order chi connectivity index (χ0) is 20.1. The largest absolute Gasteiger partial charge is 0.326 e. The van der Waals surface area contributed by atoms with Crippen LogP contribution in [0.25, 0.3) is 0 Å². The third-order valence-corrected chi connectivity index (χ3v) is 6.05. The van der Waals surface area contributed by atoms with Crippen LogP contribution in [0.1, 0.15) is 27.2 Å². The molecular weight excluding hydrogens is 387 g/mol. The van der Waals surface area contributed by atoms with Gasteiger partial charge in [0.25, 0.3) is 0 Å². The second-order valence-corrected chi connectivity index (χ2v) is 9.83. The quantitative estimate of drug-likeness (QED) is 0.676. The summed E-state index contributed by atoms with van der Waals surface area (Å²) in [4.78, 5) is 13.1. The number of carbonyl (C=O) groups is 1. The van der Waals surface area contributed by atoms with Crippen LogP contribution in [0.15, 0.2) is 58.3 Å². The van der Waals surface area contributed by atoms with Crippen LogP contribution in [0.5, 0.6) is 0 Å². The highest BCUT2D eigenvalue weighted by Crippen LogP contribution is 2.20. The summed E-state index contributed by atoms with van der Waals surface area (Å²) in [6, 6.07) is 12.2. The second-order valence-electron chi connectivity index (χ2n) is 6.98. The van der Waals surface area contributed by atoms with Crippen molar-refractivity contribution in [2.45, 2.75) is 42.5 Å². The third-order valence-electron chi connectivity index (χ3n) is 3.28. The number of thioether (sulfide) groups is 1. The second kappa shape index (κ2) is 8.86. The fourth-order valence-corrected chi connectivity index (χ4v) is 4.53. The average molecular weight is 411 g/mol. The molecule has 27 heavy (non-hydrogen) atoms. The number of hydrogen-bond acceptors (Lipinski definition) is 4. The highest BCUT2D eigenvalue weighted by Gasteiger charge is 2.22. The monoisotopic (exact) mass is 410 g/mol. The molecule has 0 bridgehead atoms. The van der Waals surface area contributed by atoms with Crippen molar-refractivity contribution in [1.29, 1.82) is 0 Å².